The van der Waals surface area contributed by atoms with E-state index >= 15 is 0 Å². The first-order valence-corrected chi connectivity index (χ1v) is 8.27. The fraction of sp³-hybridized carbons (Fsp3) is 0.938. The summed E-state index contributed by atoms with van der Waals surface area (Å²) in [6, 6.07) is 0.389. The molecule has 5 heteroatoms. The SMILES string of the molecule is CCCC(C)(N)C(=O)NCC(C(C)C)N1CCN(C)CC1. The Balaban J connectivity index is 2.53. The van der Waals surface area contributed by atoms with Gasteiger partial charge in [0.1, 0.15) is 0 Å². The number of carbonyl (C=O) groups excluding carboxylic acids is 1. The minimum atomic E-state index is -0.752. The number of amides is 1. The van der Waals surface area contributed by atoms with Gasteiger partial charge in [-0.25, -0.2) is 0 Å². The highest BCUT2D eigenvalue weighted by Gasteiger charge is 2.30. The van der Waals surface area contributed by atoms with Gasteiger partial charge >= 0.3 is 0 Å². The van der Waals surface area contributed by atoms with Crippen LogP contribution in [0, 0.1) is 5.92 Å². The van der Waals surface area contributed by atoms with Crippen molar-refractivity contribution in [3.8, 4) is 0 Å². The normalized spacial score (nSPS) is 22.0. The third-order valence-electron chi connectivity index (χ3n) is 4.54. The van der Waals surface area contributed by atoms with E-state index in [1.165, 1.54) is 0 Å². The Morgan fingerprint density at radius 3 is 2.33 bits per heavy atom. The van der Waals surface area contributed by atoms with Gasteiger partial charge in [-0.05, 0) is 26.3 Å². The maximum Gasteiger partial charge on any atom is 0.239 e. The zero-order chi connectivity index (χ0) is 16.0. The number of piperazine rings is 1. The van der Waals surface area contributed by atoms with Crippen LogP contribution < -0.4 is 11.1 Å². The Kier molecular flexibility index (Phi) is 7.10. The number of nitrogens with zero attached hydrogens (tertiary/aromatic N) is 2. The molecular formula is C16H34N4O. The third-order valence-corrected chi connectivity index (χ3v) is 4.54. The third kappa shape index (κ3) is 5.57. The minimum absolute atomic E-state index is 0.0240. The summed E-state index contributed by atoms with van der Waals surface area (Å²) in [4.78, 5) is 17.1. The molecule has 1 aliphatic rings. The summed E-state index contributed by atoms with van der Waals surface area (Å²) < 4.78 is 0. The predicted molar refractivity (Wildman–Crippen MR) is 88.2 cm³/mol. The number of likely N-dealkylation sites (N-methyl/N-ethyl adjacent to an activating group) is 1. The summed E-state index contributed by atoms with van der Waals surface area (Å²) >= 11 is 0. The van der Waals surface area contributed by atoms with E-state index in [0.717, 1.165) is 39.0 Å². The Bertz CT molecular complexity index is 322. The van der Waals surface area contributed by atoms with E-state index in [-0.39, 0.29) is 5.91 Å². The molecule has 0 aromatic rings. The summed E-state index contributed by atoms with van der Waals surface area (Å²) in [6.07, 6.45) is 1.65. The zero-order valence-electron chi connectivity index (χ0n) is 14.5. The van der Waals surface area contributed by atoms with Crippen molar-refractivity contribution in [3.63, 3.8) is 0 Å². The van der Waals surface area contributed by atoms with Crippen molar-refractivity contribution in [2.75, 3.05) is 39.8 Å². The van der Waals surface area contributed by atoms with Crippen molar-refractivity contribution in [1.29, 1.82) is 0 Å². The first-order chi connectivity index (χ1) is 9.77. The number of rotatable bonds is 7. The fourth-order valence-corrected chi connectivity index (χ4v) is 2.97. The average Bonchev–Trinajstić information content (AvgIpc) is 2.40. The molecule has 1 amide bonds. The molecule has 0 aromatic heterocycles. The first kappa shape index (κ1) is 18.4. The summed E-state index contributed by atoms with van der Waals surface area (Å²) in [5, 5.41) is 3.08. The van der Waals surface area contributed by atoms with Gasteiger partial charge in [0, 0.05) is 38.8 Å². The number of nitrogens with one attached hydrogen (secondary N) is 1. The molecule has 124 valence electrons. The summed E-state index contributed by atoms with van der Waals surface area (Å²) in [5.74, 6) is 0.494. The Hall–Kier alpha value is -0.650. The molecule has 0 radical (unpaired) electrons. The predicted octanol–water partition coefficient (Wildman–Crippen LogP) is 0.892. The van der Waals surface area contributed by atoms with Crippen molar-refractivity contribution in [3.05, 3.63) is 0 Å². The van der Waals surface area contributed by atoms with E-state index < -0.39 is 5.54 Å². The first-order valence-electron chi connectivity index (χ1n) is 8.27. The highest BCUT2D eigenvalue weighted by molar-refractivity contribution is 5.85. The Labute approximate surface area is 130 Å². The van der Waals surface area contributed by atoms with Crippen LogP contribution in [0.25, 0.3) is 0 Å². The van der Waals surface area contributed by atoms with Gasteiger partial charge in [-0.3, -0.25) is 9.69 Å². The van der Waals surface area contributed by atoms with Crippen molar-refractivity contribution >= 4 is 5.91 Å². The summed E-state index contributed by atoms with van der Waals surface area (Å²) in [5.41, 5.74) is 5.35. The Morgan fingerprint density at radius 2 is 1.86 bits per heavy atom. The topological polar surface area (TPSA) is 61.6 Å². The van der Waals surface area contributed by atoms with Gasteiger partial charge in [-0.2, -0.15) is 0 Å². The van der Waals surface area contributed by atoms with E-state index in [1.807, 2.05) is 6.92 Å². The molecule has 1 aliphatic heterocycles. The second-order valence-corrected chi connectivity index (χ2v) is 7.03. The molecular weight excluding hydrogens is 264 g/mol. The second-order valence-electron chi connectivity index (χ2n) is 7.03. The quantitative estimate of drug-likeness (QED) is 0.733. The van der Waals surface area contributed by atoms with Crippen molar-refractivity contribution < 1.29 is 4.79 Å². The molecule has 0 saturated carbocycles. The van der Waals surface area contributed by atoms with E-state index in [9.17, 15) is 4.79 Å². The average molecular weight is 298 g/mol. The molecule has 1 rings (SSSR count). The second kappa shape index (κ2) is 8.11. The van der Waals surface area contributed by atoms with Crippen molar-refractivity contribution in [2.45, 2.75) is 52.1 Å². The highest BCUT2D eigenvalue weighted by atomic mass is 16.2. The van der Waals surface area contributed by atoms with Gasteiger partial charge in [-0.1, -0.05) is 27.2 Å². The smallest absolute Gasteiger partial charge is 0.239 e. The van der Waals surface area contributed by atoms with Crippen LogP contribution in [0.5, 0.6) is 0 Å². The van der Waals surface area contributed by atoms with Gasteiger partial charge in [-0.15, -0.1) is 0 Å². The Morgan fingerprint density at radius 1 is 1.29 bits per heavy atom. The lowest BCUT2D eigenvalue weighted by atomic mass is 9.95. The molecule has 3 N–H and O–H groups in total. The lowest BCUT2D eigenvalue weighted by Crippen LogP contribution is -2.57. The molecule has 2 atom stereocenters. The van der Waals surface area contributed by atoms with Crippen LogP contribution in [0.4, 0.5) is 0 Å². The van der Waals surface area contributed by atoms with Crippen molar-refractivity contribution in [2.24, 2.45) is 11.7 Å². The molecule has 1 saturated heterocycles. The summed E-state index contributed by atoms with van der Waals surface area (Å²) in [6.45, 7) is 13.4. The number of hydrogen-bond donors (Lipinski definition) is 2. The molecule has 1 fully saturated rings. The molecule has 21 heavy (non-hydrogen) atoms. The largest absolute Gasteiger partial charge is 0.353 e. The van der Waals surface area contributed by atoms with Gasteiger partial charge in [0.2, 0.25) is 5.91 Å². The van der Waals surface area contributed by atoms with Gasteiger partial charge in [0.05, 0.1) is 5.54 Å². The van der Waals surface area contributed by atoms with Gasteiger partial charge < -0.3 is 16.0 Å². The molecule has 1 heterocycles. The van der Waals surface area contributed by atoms with Gasteiger partial charge in [0.25, 0.3) is 0 Å². The highest BCUT2D eigenvalue weighted by Crippen LogP contribution is 2.14. The lowest BCUT2D eigenvalue weighted by molar-refractivity contribution is -0.126. The molecule has 0 spiro atoms. The van der Waals surface area contributed by atoms with Crippen LogP contribution in [-0.2, 0) is 4.79 Å². The fourth-order valence-electron chi connectivity index (χ4n) is 2.97. The zero-order valence-corrected chi connectivity index (χ0v) is 14.5. The molecule has 2 unspecified atom stereocenters. The van der Waals surface area contributed by atoms with E-state index in [1.54, 1.807) is 0 Å². The van der Waals surface area contributed by atoms with E-state index in [0.29, 0.717) is 18.5 Å². The van der Waals surface area contributed by atoms with Crippen LogP contribution in [-0.4, -0.2) is 67.1 Å². The van der Waals surface area contributed by atoms with Crippen LogP contribution in [0.3, 0.4) is 0 Å². The van der Waals surface area contributed by atoms with Crippen LogP contribution in [0.15, 0.2) is 0 Å². The van der Waals surface area contributed by atoms with Crippen LogP contribution >= 0.6 is 0 Å². The van der Waals surface area contributed by atoms with Crippen LogP contribution in [0.2, 0.25) is 0 Å². The summed E-state index contributed by atoms with van der Waals surface area (Å²) in [7, 11) is 2.16. The maximum absolute atomic E-state index is 12.3. The van der Waals surface area contributed by atoms with E-state index in [4.69, 9.17) is 5.73 Å². The van der Waals surface area contributed by atoms with Crippen molar-refractivity contribution in [1.82, 2.24) is 15.1 Å². The number of hydrogen-bond acceptors (Lipinski definition) is 4. The van der Waals surface area contributed by atoms with E-state index in [2.05, 4.69) is 42.9 Å². The molecule has 0 aliphatic carbocycles. The molecule has 0 aromatic carbocycles. The van der Waals surface area contributed by atoms with Gasteiger partial charge in [0.15, 0.2) is 0 Å². The standard InChI is InChI=1S/C16H34N4O/c1-6-7-16(4,17)15(21)18-12-14(13(2)3)20-10-8-19(5)9-11-20/h13-14H,6-12,17H2,1-5H3,(H,18,21). The molecule has 5 nitrogen and oxygen atoms in total. The minimum Gasteiger partial charge on any atom is -0.353 e. The lowest BCUT2D eigenvalue weighted by Gasteiger charge is -2.40. The maximum atomic E-state index is 12.3. The van der Waals surface area contributed by atoms with Crippen LogP contribution in [0.1, 0.15) is 40.5 Å². The monoisotopic (exact) mass is 298 g/mol. The number of nitrogens with two attached hydrogens (primary N) is 1. The molecule has 0 bridgehead atoms. The number of carbonyl (C=O) groups is 1.